The van der Waals surface area contributed by atoms with Gasteiger partial charge in [-0.15, -0.1) is 0 Å². The van der Waals surface area contributed by atoms with E-state index >= 15 is 0 Å². The van der Waals surface area contributed by atoms with Crippen LogP contribution in [0.25, 0.3) is 10.9 Å². The minimum Gasteiger partial charge on any atom is -0.449 e. The number of ether oxygens (including phenoxy) is 1. The van der Waals surface area contributed by atoms with Gasteiger partial charge >= 0.3 is 6.09 Å². The number of anilines is 1. The first-order valence-electron chi connectivity index (χ1n) is 12.2. The molecule has 1 unspecified atom stereocenters. The Morgan fingerprint density at radius 3 is 2.46 bits per heavy atom. The van der Waals surface area contributed by atoms with E-state index in [4.69, 9.17) is 20.8 Å². The lowest BCUT2D eigenvalue weighted by molar-refractivity contribution is -0.115. The Balaban J connectivity index is 2.37. The zero-order valence-electron chi connectivity index (χ0n) is 22.3. The fourth-order valence-corrected chi connectivity index (χ4v) is 5.20. The van der Waals surface area contributed by atoms with E-state index in [0.29, 0.717) is 21.5 Å². The summed E-state index contributed by atoms with van der Waals surface area (Å²) in [6.07, 6.45) is 0.523. The zero-order chi connectivity index (χ0) is 27.5. The van der Waals surface area contributed by atoms with E-state index in [-0.39, 0.29) is 41.4 Å². The summed E-state index contributed by atoms with van der Waals surface area (Å²) in [4.78, 5) is 44.5. The van der Waals surface area contributed by atoms with Gasteiger partial charge in [0.25, 0.3) is 0 Å². The topological polar surface area (TPSA) is 99.5 Å². The highest BCUT2D eigenvalue weighted by Gasteiger charge is 2.35. The van der Waals surface area contributed by atoms with Crippen LogP contribution in [0.2, 0.25) is 18.1 Å². The number of carbonyl (C=O) groups is 3. The van der Waals surface area contributed by atoms with E-state index in [1.54, 1.807) is 38.1 Å². The number of halogens is 1. The SMILES string of the molecule is CCOC(=O)n1c(C(=O)c2ncccc2C(O[Si](C)C)C(C)(C)C)c(NC(=O)CC)c2ccc(Cl)cc21. The first kappa shape index (κ1) is 28.6. The highest BCUT2D eigenvalue weighted by molar-refractivity contribution is 6.48. The molecule has 1 atom stereocenters. The van der Waals surface area contributed by atoms with Crippen molar-refractivity contribution in [3.63, 3.8) is 0 Å². The Kier molecular flexibility index (Phi) is 8.94. The number of hydrogen-bond donors (Lipinski definition) is 1. The first-order chi connectivity index (χ1) is 17.4. The minimum absolute atomic E-state index is 0.0522. The molecule has 1 amide bonds. The number of pyridine rings is 1. The van der Waals surface area contributed by atoms with Crippen molar-refractivity contribution in [2.24, 2.45) is 5.41 Å². The third-order valence-electron chi connectivity index (χ3n) is 5.66. The number of benzene rings is 1. The van der Waals surface area contributed by atoms with Crippen LogP contribution in [0.15, 0.2) is 36.5 Å². The second-order valence-corrected chi connectivity index (χ2v) is 12.4. The molecule has 0 aliphatic rings. The van der Waals surface area contributed by atoms with E-state index in [0.717, 1.165) is 0 Å². The van der Waals surface area contributed by atoms with Gasteiger partial charge in [0.1, 0.15) is 11.4 Å². The van der Waals surface area contributed by atoms with Crippen molar-refractivity contribution in [2.45, 2.75) is 60.2 Å². The summed E-state index contributed by atoms with van der Waals surface area (Å²) in [5.41, 5.74) is 0.894. The lowest BCUT2D eigenvalue weighted by Gasteiger charge is -2.33. The predicted molar refractivity (Wildman–Crippen MR) is 147 cm³/mol. The summed E-state index contributed by atoms with van der Waals surface area (Å²) in [6, 6.07) is 8.44. The van der Waals surface area contributed by atoms with Crippen molar-refractivity contribution in [2.75, 3.05) is 11.9 Å². The highest BCUT2D eigenvalue weighted by Crippen LogP contribution is 2.40. The van der Waals surface area contributed by atoms with Crippen LogP contribution in [0.3, 0.4) is 0 Å². The molecule has 0 saturated carbocycles. The lowest BCUT2D eigenvalue weighted by atomic mass is 9.83. The molecular weight excluding hydrogens is 510 g/mol. The second-order valence-electron chi connectivity index (χ2n) is 9.86. The van der Waals surface area contributed by atoms with Crippen LogP contribution in [0.1, 0.15) is 68.9 Å². The van der Waals surface area contributed by atoms with Gasteiger partial charge in [-0.3, -0.25) is 14.6 Å². The number of nitrogens with zero attached hydrogens (tertiary/aromatic N) is 2. The molecule has 2 aromatic heterocycles. The van der Waals surface area contributed by atoms with Crippen LogP contribution in [0, 0.1) is 5.41 Å². The van der Waals surface area contributed by atoms with Crippen molar-refractivity contribution >= 4 is 55.0 Å². The van der Waals surface area contributed by atoms with Gasteiger partial charge in [0.05, 0.1) is 23.9 Å². The zero-order valence-corrected chi connectivity index (χ0v) is 24.0. The van der Waals surface area contributed by atoms with E-state index in [9.17, 15) is 14.4 Å². The van der Waals surface area contributed by atoms with Crippen LogP contribution in [-0.2, 0) is 14.0 Å². The predicted octanol–water partition coefficient (Wildman–Crippen LogP) is 6.63. The van der Waals surface area contributed by atoms with Crippen LogP contribution in [0.4, 0.5) is 10.5 Å². The molecule has 1 radical (unpaired) electrons. The van der Waals surface area contributed by atoms with Crippen molar-refractivity contribution in [3.8, 4) is 0 Å². The molecule has 0 spiro atoms. The van der Waals surface area contributed by atoms with Crippen LogP contribution in [0.5, 0.6) is 0 Å². The van der Waals surface area contributed by atoms with Gasteiger partial charge in [-0.1, -0.05) is 45.4 Å². The van der Waals surface area contributed by atoms with Crippen LogP contribution in [-0.4, -0.2) is 43.0 Å². The fourth-order valence-electron chi connectivity index (χ4n) is 4.08. The van der Waals surface area contributed by atoms with E-state index in [1.807, 2.05) is 39.9 Å². The maximum atomic E-state index is 14.3. The molecular formula is C27H33ClN3O5Si. The minimum atomic E-state index is -1.14. The molecule has 0 aliphatic carbocycles. The van der Waals surface area contributed by atoms with Crippen LogP contribution < -0.4 is 5.32 Å². The average molecular weight is 543 g/mol. The Labute approximate surface area is 224 Å². The molecule has 37 heavy (non-hydrogen) atoms. The van der Waals surface area contributed by atoms with Gasteiger partial charge < -0.3 is 14.5 Å². The average Bonchev–Trinajstić information content (AvgIpc) is 3.14. The standard InChI is InChI=1S/C27H33ClN3O5Si/c1-8-20(32)30-21-17-13-12-16(28)15-19(17)31(26(34)35-9-2)23(21)24(33)22-18(11-10-14-29-22)25(27(3,4)5)36-37(6)7/h10-15,25H,8-9H2,1-7H3,(H,30,32). The number of amides is 1. The third-order valence-corrected chi connectivity index (χ3v) is 6.60. The van der Waals surface area contributed by atoms with E-state index in [2.05, 4.69) is 10.3 Å². The molecule has 2 heterocycles. The monoisotopic (exact) mass is 542 g/mol. The quantitative estimate of drug-likeness (QED) is 0.253. The van der Waals surface area contributed by atoms with Crippen molar-refractivity contribution in [3.05, 3.63) is 58.5 Å². The van der Waals surface area contributed by atoms with Crippen LogP contribution >= 0.6 is 11.6 Å². The molecule has 1 aromatic carbocycles. The molecule has 10 heteroatoms. The summed E-state index contributed by atoms with van der Waals surface area (Å²) in [5, 5.41) is 3.66. The van der Waals surface area contributed by atoms with Crippen molar-refractivity contribution < 1.29 is 23.5 Å². The molecule has 8 nitrogen and oxygen atoms in total. The molecule has 0 aliphatic heterocycles. The number of carbonyl (C=O) groups excluding carboxylic acids is 3. The second kappa shape index (κ2) is 11.6. The number of ketones is 1. The smallest absolute Gasteiger partial charge is 0.419 e. The molecule has 0 fully saturated rings. The molecule has 197 valence electrons. The fraction of sp³-hybridized carbons (Fsp3) is 0.407. The highest BCUT2D eigenvalue weighted by atomic mass is 35.5. The lowest BCUT2D eigenvalue weighted by Crippen LogP contribution is -2.29. The van der Waals surface area contributed by atoms with Gasteiger partial charge in [0, 0.05) is 28.6 Å². The number of hydrogen-bond acceptors (Lipinski definition) is 6. The van der Waals surface area contributed by atoms with Gasteiger partial charge in [-0.25, -0.2) is 9.36 Å². The summed E-state index contributed by atoms with van der Waals surface area (Å²) >= 11 is 6.27. The Hall–Kier alpha value is -3.01. The molecule has 0 bridgehead atoms. The van der Waals surface area contributed by atoms with E-state index < -0.39 is 27.0 Å². The molecule has 0 saturated heterocycles. The molecule has 3 rings (SSSR count). The van der Waals surface area contributed by atoms with E-state index in [1.165, 1.54) is 10.8 Å². The maximum absolute atomic E-state index is 14.3. The molecule has 3 aromatic rings. The van der Waals surface area contributed by atoms with Crippen molar-refractivity contribution in [1.82, 2.24) is 9.55 Å². The van der Waals surface area contributed by atoms with Gasteiger partial charge in [-0.2, -0.15) is 0 Å². The Morgan fingerprint density at radius 2 is 1.86 bits per heavy atom. The Morgan fingerprint density at radius 1 is 1.16 bits per heavy atom. The first-order valence-corrected chi connectivity index (χ1v) is 15.0. The van der Waals surface area contributed by atoms with Gasteiger partial charge in [0.2, 0.25) is 20.7 Å². The number of fused-ring (bicyclic) bond motifs is 1. The normalized spacial score (nSPS) is 12.6. The third kappa shape index (κ3) is 6.11. The summed E-state index contributed by atoms with van der Waals surface area (Å²) in [7, 11) is -1.14. The largest absolute Gasteiger partial charge is 0.449 e. The van der Waals surface area contributed by atoms with Gasteiger partial charge in [-0.05, 0) is 49.7 Å². The summed E-state index contributed by atoms with van der Waals surface area (Å²) in [6.45, 7) is 13.6. The van der Waals surface area contributed by atoms with Gasteiger partial charge in [0.15, 0.2) is 0 Å². The summed E-state index contributed by atoms with van der Waals surface area (Å²) < 4.78 is 12.8. The van der Waals surface area contributed by atoms with Crippen molar-refractivity contribution in [1.29, 1.82) is 0 Å². The summed E-state index contributed by atoms with van der Waals surface area (Å²) in [5.74, 6) is -0.852. The number of aromatic nitrogens is 2. The Bertz CT molecular complexity index is 1330. The maximum Gasteiger partial charge on any atom is 0.419 e. The number of rotatable bonds is 8. The molecule has 1 N–H and O–H groups in total. The number of nitrogens with one attached hydrogen (secondary N) is 1.